The lowest BCUT2D eigenvalue weighted by molar-refractivity contribution is 0.0827. The predicted molar refractivity (Wildman–Crippen MR) is 57.9 cm³/mol. The van der Waals surface area contributed by atoms with E-state index in [9.17, 15) is 4.79 Å². The van der Waals surface area contributed by atoms with E-state index in [1.807, 2.05) is 23.6 Å². The number of hydrogen-bond acceptors (Lipinski definition) is 2. The van der Waals surface area contributed by atoms with Gasteiger partial charge in [0, 0.05) is 32.7 Å². The van der Waals surface area contributed by atoms with Gasteiger partial charge in [-0.25, -0.2) is 4.98 Å². The molecule has 78 valence electrons. The number of pyridine rings is 1. The Hall–Kier alpha value is -1.84. The van der Waals surface area contributed by atoms with Gasteiger partial charge in [-0.05, 0) is 18.6 Å². The molecule has 2 rings (SSSR count). The Morgan fingerprint density at radius 2 is 2.20 bits per heavy atom. The predicted octanol–water partition coefficient (Wildman–Crippen LogP) is 1.34. The molecule has 0 spiro atoms. The zero-order chi connectivity index (χ0) is 11.0. The minimum Gasteiger partial charge on any atom is -0.345 e. The first-order chi connectivity index (χ1) is 7.09. The molecule has 0 bridgehead atoms. The van der Waals surface area contributed by atoms with Crippen LogP contribution in [0.2, 0.25) is 0 Å². The number of aromatic nitrogens is 2. The van der Waals surface area contributed by atoms with Gasteiger partial charge in [0.15, 0.2) is 0 Å². The second kappa shape index (κ2) is 3.38. The van der Waals surface area contributed by atoms with Crippen molar-refractivity contribution in [1.29, 1.82) is 0 Å². The maximum Gasteiger partial charge on any atom is 0.254 e. The number of amides is 1. The summed E-state index contributed by atoms with van der Waals surface area (Å²) in [6.45, 7) is 1.95. The van der Waals surface area contributed by atoms with E-state index in [0.717, 1.165) is 11.2 Å². The summed E-state index contributed by atoms with van der Waals surface area (Å²) < 4.78 is 1.87. The summed E-state index contributed by atoms with van der Waals surface area (Å²) in [5.41, 5.74) is 2.58. The number of fused-ring (bicyclic) bond motifs is 1. The van der Waals surface area contributed by atoms with Crippen LogP contribution in [0.5, 0.6) is 0 Å². The summed E-state index contributed by atoms with van der Waals surface area (Å²) in [5.74, 6) is 0.00806. The number of nitrogens with zero attached hydrogens (tertiary/aromatic N) is 3. The smallest absolute Gasteiger partial charge is 0.254 e. The van der Waals surface area contributed by atoms with E-state index in [4.69, 9.17) is 0 Å². The average Bonchev–Trinajstić information content (AvgIpc) is 2.64. The Morgan fingerprint density at radius 1 is 1.47 bits per heavy atom. The van der Waals surface area contributed by atoms with Crippen molar-refractivity contribution in [3.05, 3.63) is 35.8 Å². The van der Waals surface area contributed by atoms with E-state index in [2.05, 4.69) is 4.98 Å². The number of hydrogen-bond donors (Lipinski definition) is 0. The first-order valence-electron chi connectivity index (χ1n) is 4.74. The summed E-state index contributed by atoms with van der Waals surface area (Å²) in [7, 11) is 3.49. The molecular weight excluding hydrogens is 190 g/mol. The van der Waals surface area contributed by atoms with Crippen molar-refractivity contribution in [2.24, 2.45) is 0 Å². The second-order valence-corrected chi connectivity index (χ2v) is 3.77. The summed E-state index contributed by atoms with van der Waals surface area (Å²) in [6, 6.07) is 1.87. The van der Waals surface area contributed by atoms with Gasteiger partial charge in [-0.2, -0.15) is 0 Å². The third-order valence-corrected chi connectivity index (χ3v) is 2.32. The van der Waals surface area contributed by atoms with Gasteiger partial charge in [0.2, 0.25) is 0 Å². The molecule has 0 N–H and O–H groups in total. The molecule has 0 saturated heterocycles. The number of carbonyl (C=O) groups excluding carboxylic acids is 1. The van der Waals surface area contributed by atoms with E-state index in [-0.39, 0.29) is 5.91 Å². The molecule has 15 heavy (non-hydrogen) atoms. The number of carbonyl (C=O) groups is 1. The van der Waals surface area contributed by atoms with Crippen molar-refractivity contribution < 1.29 is 4.79 Å². The molecule has 2 heterocycles. The van der Waals surface area contributed by atoms with Gasteiger partial charge in [0.1, 0.15) is 5.65 Å². The van der Waals surface area contributed by atoms with E-state index >= 15 is 0 Å². The van der Waals surface area contributed by atoms with Gasteiger partial charge in [-0.15, -0.1) is 0 Å². The molecule has 4 nitrogen and oxygen atoms in total. The van der Waals surface area contributed by atoms with Crippen molar-refractivity contribution in [1.82, 2.24) is 14.3 Å². The van der Waals surface area contributed by atoms with Crippen molar-refractivity contribution in [2.45, 2.75) is 6.92 Å². The van der Waals surface area contributed by atoms with Crippen molar-refractivity contribution in [3.8, 4) is 0 Å². The molecule has 4 heteroatoms. The van der Waals surface area contributed by atoms with Gasteiger partial charge >= 0.3 is 0 Å². The van der Waals surface area contributed by atoms with Crippen LogP contribution in [-0.4, -0.2) is 34.3 Å². The highest BCUT2D eigenvalue weighted by molar-refractivity contribution is 5.94. The van der Waals surface area contributed by atoms with Gasteiger partial charge in [-0.3, -0.25) is 4.79 Å². The molecule has 0 radical (unpaired) electrons. The van der Waals surface area contributed by atoms with Crippen molar-refractivity contribution in [2.75, 3.05) is 14.1 Å². The second-order valence-electron chi connectivity index (χ2n) is 3.77. The van der Waals surface area contributed by atoms with Crippen LogP contribution in [0.15, 0.2) is 24.7 Å². The lowest BCUT2D eigenvalue weighted by Crippen LogP contribution is -2.22. The van der Waals surface area contributed by atoms with Crippen LogP contribution in [0.1, 0.15) is 15.9 Å². The third-order valence-electron chi connectivity index (χ3n) is 2.32. The Morgan fingerprint density at radius 3 is 2.87 bits per heavy atom. The molecule has 2 aromatic rings. The minimum absolute atomic E-state index is 0.00806. The summed E-state index contributed by atoms with van der Waals surface area (Å²) >= 11 is 0. The molecule has 0 aliphatic carbocycles. The Bertz CT molecular complexity index is 514. The fraction of sp³-hybridized carbons (Fsp3) is 0.273. The van der Waals surface area contributed by atoms with Gasteiger partial charge in [-0.1, -0.05) is 0 Å². The molecule has 0 atom stereocenters. The largest absolute Gasteiger partial charge is 0.345 e. The maximum atomic E-state index is 11.8. The zero-order valence-electron chi connectivity index (χ0n) is 9.06. The number of imidazole rings is 1. The summed E-state index contributed by atoms with van der Waals surface area (Å²) in [6.07, 6.45) is 5.37. The van der Waals surface area contributed by atoms with Crippen molar-refractivity contribution >= 4 is 11.6 Å². The molecule has 0 fully saturated rings. The first-order valence-corrected chi connectivity index (χ1v) is 4.74. The molecule has 0 aliphatic rings. The summed E-state index contributed by atoms with van der Waals surface area (Å²) in [4.78, 5) is 17.5. The van der Waals surface area contributed by atoms with Crippen LogP contribution in [0, 0.1) is 6.92 Å². The van der Waals surface area contributed by atoms with Crippen LogP contribution in [0.3, 0.4) is 0 Å². The van der Waals surface area contributed by atoms with Crippen LogP contribution in [0.4, 0.5) is 0 Å². The number of aryl methyl sites for hydroxylation is 1. The highest BCUT2D eigenvalue weighted by Gasteiger charge is 2.10. The summed E-state index contributed by atoms with van der Waals surface area (Å²) in [5, 5.41) is 0. The zero-order valence-corrected chi connectivity index (χ0v) is 9.06. The Kier molecular flexibility index (Phi) is 2.19. The Balaban J connectivity index is 2.59. The lowest BCUT2D eigenvalue weighted by Gasteiger charge is -2.11. The van der Waals surface area contributed by atoms with Crippen LogP contribution < -0.4 is 0 Å². The van der Waals surface area contributed by atoms with Crippen molar-refractivity contribution in [3.63, 3.8) is 0 Å². The maximum absolute atomic E-state index is 11.8. The molecule has 0 aliphatic heterocycles. The number of rotatable bonds is 1. The standard InChI is InChI=1S/C11H13N3O/c1-8-6-9(11(15)13(2)3)7-14-5-4-12-10(8)14/h4-7H,1-3H3. The van der Waals surface area contributed by atoms with Crippen LogP contribution in [0.25, 0.3) is 5.65 Å². The fourth-order valence-electron chi connectivity index (χ4n) is 1.58. The monoisotopic (exact) mass is 203 g/mol. The molecule has 2 aromatic heterocycles. The molecular formula is C11H13N3O. The fourth-order valence-corrected chi connectivity index (χ4v) is 1.58. The SMILES string of the molecule is Cc1cc(C(=O)N(C)C)cn2ccnc12. The third kappa shape index (κ3) is 1.58. The van der Waals surface area contributed by atoms with Crippen LogP contribution in [-0.2, 0) is 0 Å². The molecule has 0 aromatic carbocycles. The van der Waals surface area contributed by atoms with Gasteiger partial charge < -0.3 is 9.30 Å². The quantitative estimate of drug-likeness (QED) is 0.701. The molecule has 1 amide bonds. The van der Waals surface area contributed by atoms with E-state index in [1.54, 1.807) is 31.4 Å². The van der Waals surface area contributed by atoms with Gasteiger partial charge in [0.25, 0.3) is 5.91 Å². The molecule has 0 unspecified atom stereocenters. The van der Waals surface area contributed by atoms with E-state index in [1.165, 1.54) is 0 Å². The topological polar surface area (TPSA) is 37.6 Å². The first kappa shape index (κ1) is 9.71. The lowest BCUT2D eigenvalue weighted by atomic mass is 10.2. The van der Waals surface area contributed by atoms with Gasteiger partial charge in [0.05, 0.1) is 5.56 Å². The van der Waals surface area contributed by atoms with E-state index < -0.39 is 0 Å². The highest BCUT2D eigenvalue weighted by Crippen LogP contribution is 2.12. The normalized spacial score (nSPS) is 10.6. The Labute approximate surface area is 88.2 Å². The minimum atomic E-state index is 0.00806. The average molecular weight is 203 g/mol. The van der Waals surface area contributed by atoms with Crippen LogP contribution >= 0.6 is 0 Å². The van der Waals surface area contributed by atoms with E-state index in [0.29, 0.717) is 5.56 Å². The molecule has 0 saturated carbocycles. The highest BCUT2D eigenvalue weighted by atomic mass is 16.2.